The van der Waals surface area contributed by atoms with Gasteiger partial charge >= 0.3 is 6.09 Å². The second-order valence-corrected chi connectivity index (χ2v) is 12.7. The van der Waals surface area contributed by atoms with Crippen LogP contribution in [0, 0.1) is 17.1 Å². The van der Waals surface area contributed by atoms with Crippen LogP contribution in [0.25, 0.3) is 0 Å². The highest BCUT2D eigenvalue weighted by Gasteiger charge is 2.41. The zero-order valence-electron chi connectivity index (χ0n) is 23.3. The molecule has 0 radical (unpaired) electrons. The van der Waals surface area contributed by atoms with Crippen LogP contribution in [0.5, 0.6) is 0 Å². The van der Waals surface area contributed by atoms with Gasteiger partial charge in [-0.1, -0.05) is 36.2 Å². The first-order valence-electron chi connectivity index (χ1n) is 14.6. The maximum atomic E-state index is 14.0. The number of benzene rings is 1. The first kappa shape index (κ1) is 30.7. The van der Waals surface area contributed by atoms with Gasteiger partial charge in [0.25, 0.3) is 0 Å². The molecule has 42 heavy (non-hydrogen) atoms. The molecule has 1 saturated carbocycles. The fourth-order valence-corrected chi connectivity index (χ4v) is 7.33. The average Bonchev–Trinajstić information content (AvgIpc) is 3.63. The van der Waals surface area contributed by atoms with E-state index in [-0.39, 0.29) is 34.1 Å². The predicted molar refractivity (Wildman–Crippen MR) is 162 cm³/mol. The minimum atomic E-state index is -2.51. The van der Waals surface area contributed by atoms with Gasteiger partial charge in [0.2, 0.25) is 6.43 Å². The summed E-state index contributed by atoms with van der Waals surface area (Å²) in [5.41, 5.74) is 2.13. The van der Waals surface area contributed by atoms with Crippen molar-refractivity contribution in [3.05, 3.63) is 69.5 Å². The van der Waals surface area contributed by atoms with E-state index in [1.54, 1.807) is 17.8 Å². The summed E-state index contributed by atoms with van der Waals surface area (Å²) in [5, 5.41) is 14.2. The van der Waals surface area contributed by atoms with Gasteiger partial charge < -0.3 is 20.4 Å². The Balaban J connectivity index is 1.39. The molecule has 1 aliphatic carbocycles. The van der Waals surface area contributed by atoms with Gasteiger partial charge in [0.05, 0.1) is 11.0 Å². The molecule has 0 spiro atoms. The minimum Gasteiger partial charge on any atom is -0.446 e. The van der Waals surface area contributed by atoms with Gasteiger partial charge in [0, 0.05) is 41.4 Å². The summed E-state index contributed by atoms with van der Waals surface area (Å²) in [5.74, 6) is 0.554. The molecule has 1 aromatic carbocycles. The van der Waals surface area contributed by atoms with Crippen LogP contribution in [0.4, 0.5) is 18.0 Å². The molecule has 3 heterocycles. The second-order valence-electron chi connectivity index (χ2n) is 11.2. The number of rotatable bonds is 10. The zero-order chi connectivity index (χ0) is 29.6. The fourth-order valence-electron chi connectivity index (χ4n) is 6.11. The van der Waals surface area contributed by atoms with Crippen LogP contribution in [0.3, 0.4) is 0 Å². The molecule has 2 fully saturated rings. The summed E-state index contributed by atoms with van der Waals surface area (Å²) in [6.07, 6.45) is 8.75. The summed E-state index contributed by atoms with van der Waals surface area (Å²) >= 11 is 8.20. The highest BCUT2D eigenvalue weighted by Crippen LogP contribution is 2.45. The molecule has 1 saturated heterocycles. The Bertz CT molecular complexity index is 1290. The number of hydrogen-bond donors (Lipinski definition) is 2. The van der Waals surface area contributed by atoms with Crippen molar-refractivity contribution in [3.8, 4) is 0 Å². The van der Waals surface area contributed by atoms with E-state index in [0.29, 0.717) is 37.1 Å². The Kier molecular flexibility index (Phi) is 10.4. The van der Waals surface area contributed by atoms with Crippen molar-refractivity contribution in [3.63, 3.8) is 0 Å². The molecule has 11 heteroatoms. The number of thioether (sulfide) groups is 1. The number of carbonyl (C=O) groups excluding carboxylic acids is 1. The lowest BCUT2D eigenvalue weighted by atomic mass is 9.89. The molecule has 6 nitrogen and oxygen atoms in total. The maximum Gasteiger partial charge on any atom is 0.407 e. The normalized spacial score (nSPS) is 24.5. The quantitative estimate of drug-likeness (QED) is 0.258. The van der Waals surface area contributed by atoms with E-state index < -0.39 is 24.7 Å². The number of halogens is 4. The number of nitrogens with zero attached hydrogens (tertiary/aromatic N) is 2. The molecule has 4 aliphatic rings. The van der Waals surface area contributed by atoms with Gasteiger partial charge in [-0.2, -0.15) is 0 Å². The van der Waals surface area contributed by atoms with Crippen molar-refractivity contribution >= 4 is 41.0 Å². The van der Waals surface area contributed by atoms with Crippen LogP contribution in [0.15, 0.2) is 58.1 Å². The molecule has 1 aromatic rings. The third-order valence-corrected chi connectivity index (χ3v) is 9.55. The van der Waals surface area contributed by atoms with Crippen LogP contribution in [0.1, 0.15) is 69.4 Å². The number of ether oxygens (including phenoxy) is 1. The monoisotopic (exact) mass is 620 g/mol. The van der Waals surface area contributed by atoms with Crippen LogP contribution in [-0.2, 0) is 4.74 Å². The van der Waals surface area contributed by atoms with Crippen molar-refractivity contribution in [1.29, 1.82) is 5.41 Å². The number of hydrogen-bond acceptors (Lipinski definition) is 6. The summed E-state index contributed by atoms with van der Waals surface area (Å²) in [6.45, 7) is 1.11. The van der Waals surface area contributed by atoms with E-state index in [1.165, 1.54) is 30.7 Å². The molecule has 5 rings (SSSR count). The lowest BCUT2D eigenvalue weighted by molar-refractivity contribution is 0.0751. The van der Waals surface area contributed by atoms with Crippen molar-refractivity contribution in [2.45, 2.75) is 81.6 Å². The lowest BCUT2D eigenvalue weighted by Crippen LogP contribution is -2.39. The number of alkyl halides is 2. The number of fused-ring (bicyclic) bond motifs is 1. The molecule has 2 N–H and O–H groups in total. The Morgan fingerprint density at radius 1 is 1.29 bits per heavy atom. The van der Waals surface area contributed by atoms with E-state index in [1.807, 2.05) is 0 Å². The highest BCUT2D eigenvalue weighted by molar-refractivity contribution is 8.03. The number of aliphatic imine (C=N–C) groups is 1. The van der Waals surface area contributed by atoms with Gasteiger partial charge in [-0.05, 0) is 74.5 Å². The predicted octanol–water partition coefficient (Wildman–Crippen LogP) is 8.21. The Labute approximate surface area is 254 Å². The summed E-state index contributed by atoms with van der Waals surface area (Å²) in [6, 6.07) is 3.47. The van der Waals surface area contributed by atoms with Crippen molar-refractivity contribution < 1.29 is 22.7 Å². The molecule has 3 aliphatic heterocycles. The Hall–Kier alpha value is -2.72. The Morgan fingerprint density at radius 2 is 2.10 bits per heavy atom. The summed E-state index contributed by atoms with van der Waals surface area (Å²) in [4.78, 5) is 19.7. The fraction of sp³-hybridized carbons (Fsp3) is 0.516. The number of nitrogens with one attached hydrogen (secondary N) is 2. The van der Waals surface area contributed by atoms with Crippen LogP contribution in [0.2, 0.25) is 5.02 Å². The van der Waals surface area contributed by atoms with E-state index in [2.05, 4.69) is 21.7 Å². The third-order valence-electron chi connectivity index (χ3n) is 8.14. The molecule has 226 valence electrons. The molecule has 0 bridgehead atoms. The second kappa shape index (κ2) is 14.2. The molecular weight excluding hydrogens is 585 g/mol. The summed E-state index contributed by atoms with van der Waals surface area (Å²) < 4.78 is 45.4. The Morgan fingerprint density at radius 3 is 2.81 bits per heavy atom. The van der Waals surface area contributed by atoms with E-state index in [0.717, 1.165) is 43.6 Å². The van der Waals surface area contributed by atoms with E-state index in [4.69, 9.17) is 26.7 Å². The average molecular weight is 621 g/mol. The van der Waals surface area contributed by atoms with Crippen molar-refractivity contribution in [1.82, 2.24) is 10.2 Å². The van der Waals surface area contributed by atoms with Crippen LogP contribution in [-0.4, -0.2) is 53.4 Å². The third kappa shape index (κ3) is 7.43. The number of amidine groups is 1. The molecular formula is C31H36ClF3N4O2S. The van der Waals surface area contributed by atoms with Gasteiger partial charge in [-0.15, -0.1) is 11.8 Å². The number of alkyl carbamates (subject to hydrolysis) is 1. The standard InChI is InChI=1S/C31H36ClF3N4O2S/c32-23-17-20(33)11-12-22(23)29-28(24(36)8-4-10-27(34)35)25-16-19(18-39(25)30(38-29)26-9-5-15-42-26)13-14-37-31(40)41-21-6-2-1-3-7-21/h4-5,8,11-12,15,17,19,21,26-27,29,36H,1-3,6-7,9-10,13-14,16,18H2,(H,37,40)/b8-4-,36-24?/t19-,26?,29-/m0/s1. The van der Waals surface area contributed by atoms with Gasteiger partial charge in [-0.25, -0.2) is 18.0 Å². The maximum absolute atomic E-state index is 14.0. The first-order valence-corrected chi connectivity index (χ1v) is 15.9. The van der Waals surface area contributed by atoms with Crippen LogP contribution < -0.4 is 5.32 Å². The largest absolute Gasteiger partial charge is 0.446 e. The SMILES string of the molecule is N=C(/C=C\CC(F)F)C1=C2C[C@H](CCNC(=O)OC3CCCCC3)CN2C(C2CC=CS2)=N[C@H]1c1ccc(F)cc1Cl. The van der Waals surface area contributed by atoms with E-state index >= 15 is 0 Å². The van der Waals surface area contributed by atoms with Gasteiger partial charge in [0.1, 0.15) is 23.8 Å². The minimum absolute atomic E-state index is 0.0115. The number of amides is 1. The topological polar surface area (TPSA) is 77.8 Å². The number of allylic oxidation sites excluding steroid dienone is 4. The highest BCUT2D eigenvalue weighted by atomic mass is 35.5. The molecule has 3 atom stereocenters. The van der Waals surface area contributed by atoms with Crippen LogP contribution >= 0.6 is 23.4 Å². The molecule has 0 aromatic heterocycles. The molecule has 1 amide bonds. The van der Waals surface area contributed by atoms with E-state index in [9.17, 15) is 18.0 Å². The first-order chi connectivity index (χ1) is 20.3. The summed E-state index contributed by atoms with van der Waals surface area (Å²) in [7, 11) is 0. The van der Waals surface area contributed by atoms with Crippen molar-refractivity contribution in [2.24, 2.45) is 10.9 Å². The van der Waals surface area contributed by atoms with Gasteiger partial charge in [0.15, 0.2) is 0 Å². The smallest absolute Gasteiger partial charge is 0.407 e. The lowest BCUT2D eigenvalue weighted by Gasteiger charge is -2.35. The van der Waals surface area contributed by atoms with Gasteiger partial charge in [-0.3, -0.25) is 4.99 Å². The van der Waals surface area contributed by atoms with Crippen molar-refractivity contribution in [2.75, 3.05) is 13.1 Å². The molecule has 1 unspecified atom stereocenters. The number of carbonyl (C=O) groups is 1. The zero-order valence-corrected chi connectivity index (χ0v) is 24.9.